The van der Waals surface area contributed by atoms with Gasteiger partial charge in [0.15, 0.2) is 0 Å². The van der Waals surface area contributed by atoms with E-state index in [4.69, 9.17) is 5.73 Å². The number of phenolic OH excluding ortho intramolecular Hbond substituents is 1. The first-order valence-electron chi connectivity index (χ1n) is 3.64. The van der Waals surface area contributed by atoms with Crippen molar-refractivity contribution in [2.24, 2.45) is 5.73 Å². The number of benzene rings is 1. The normalized spacial score (nSPS) is 10.1. The van der Waals surface area contributed by atoms with E-state index >= 15 is 0 Å². The number of nitrogens with two attached hydrogens (primary N) is 1. The van der Waals surface area contributed by atoms with Crippen molar-refractivity contribution in [3.63, 3.8) is 0 Å². The predicted octanol–water partition coefficient (Wildman–Crippen LogP) is 1.47. The van der Waals surface area contributed by atoms with E-state index in [0.717, 1.165) is 11.1 Å². The van der Waals surface area contributed by atoms with E-state index in [-0.39, 0.29) is 0 Å². The average molecular weight is 151 g/mol. The Morgan fingerprint density at radius 2 is 2.00 bits per heavy atom. The van der Waals surface area contributed by atoms with Gasteiger partial charge in [-0.3, -0.25) is 0 Å². The topological polar surface area (TPSA) is 46.2 Å². The van der Waals surface area contributed by atoms with E-state index in [0.29, 0.717) is 12.3 Å². The lowest BCUT2D eigenvalue weighted by Crippen LogP contribution is -1.99. The fraction of sp³-hybridized carbons (Fsp3) is 0.333. The lowest BCUT2D eigenvalue weighted by Gasteiger charge is -2.06. The third kappa shape index (κ3) is 1.52. The van der Waals surface area contributed by atoms with Crippen LogP contribution in [-0.2, 0) is 6.54 Å². The fourth-order valence-electron chi connectivity index (χ4n) is 1.12. The molecule has 0 spiro atoms. The first-order valence-corrected chi connectivity index (χ1v) is 3.64. The van der Waals surface area contributed by atoms with E-state index in [1.54, 1.807) is 12.1 Å². The molecule has 0 bridgehead atoms. The van der Waals surface area contributed by atoms with Crippen LogP contribution in [-0.4, -0.2) is 5.11 Å². The second-order valence-electron chi connectivity index (χ2n) is 2.75. The molecule has 0 fully saturated rings. The minimum absolute atomic E-state index is 0.300. The van der Waals surface area contributed by atoms with Crippen LogP contribution in [0, 0.1) is 13.8 Å². The summed E-state index contributed by atoms with van der Waals surface area (Å²) in [6.07, 6.45) is 0. The lowest BCUT2D eigenvalue weighted by molar-refractivity contribution is 0.474. The Bertz CT molecular complexity index is 269. The van der Waals surface area contributed by atoms with Crippen LogP contribution in [0.5, 0.6) is 5.75 Å². The Labute approximate surface area is 66.7 Å². The molecule has 0 radical (unpaired) electrons. The van der Waals surface area contributed by atoms with Crippen molar-refractivity contribution in [3.05, 3.63) is 28.8 Å². The Morgan fingerprint density at radius 3 is 2.55 bits per heavy atom. The van der Waals surface area contributed by atoms with E-state index in [9.17, 15) is 5.11 Å². The number of hydrogen-bond donors (Lipinski definition) is 2. The molecule has 2 nitrogen and oxygen atoms in total. The second kappa shape index (κ2) is 2.93. The zero-order chi connectivity index (χ0) is 8.43. The molecule has 0 atom stereocenters. The van der Waals surface area contributed by atoms with Crippen molar-refractivity contribution in [1.82, 2.24) is 0 Å². The SMILES string of the molecule is Cc1cc(O)cc(CN)c1C. The molecule has 3 N–H and O–H groups in total. The smallest absolute Gasteiger partial charge is 0.116 e. The van der Waals surface area contributed by atoms with Crippen molar-refractivity contribution >= 4 is 0 Å². The van der Waals surface area contributed by atoms with Gasteiger partial charge in [-0.2, -0.15) is 0 Å². The van der Waals surface area contributed by atoms with Crippen LogP contribution < -0.4 is 5.73 Å². The molecule has 1 rings (SSSR count). The van der Waals surface area contributed by atoms with Gasteiger partial charge in [0.1, 0.15) is 5.75 Å². The van der Waals surface area contributed by atoms with Crippen molar-refractivity contribution in [1.29, 1.82) is 0 Å². The summed E-state index contributed by atoms with van der Waals surface area (Å²) in [6.45, 7) is 4.46. The summed E-state index contributed by atoms with van der Waals surface area (Å²) < 4.78 is 0. The second-order valence-corrected chi connectivity index (χ2v) is 2.75. The highest BCUT2D eigenvalue weighted by atomic mass is 16.3. The molecule has 0 saturated carbocycles. The number of aryl methyl sites for hydroxylation is 1. The van der Waals surface area contributed by atoms with Crippen LogP contribution in [0.15, 0.2) is 12.1 Å². The Hall–Kier alpha value is -1.02. The molecule has 0 aliphatic rings. The molecule has 0 unspecified atom stereocenters. The largest absolute Gasteiger partial charge is 0.508 e. The summed E-state index contributed by atoms with van der Waals surface area (Å²) in [5, 5.41) is 9.19. The Morgan fingerprint density at radius 1 is 1.36 bits per heavy atom. The maximum Gasteiger partial charge on any atom is 0.116 e. The molecular weight excluding hydrogens is 138 g/mol. The highest BCUT2D eigenvalue weighted by Gasteiger charge is 2.00. The van der Waals surface area contributed by atoms with Crippen LogP contribution in [0.1, 0.15) is 16.7 Å². The van der Waals surface area contributed by atoms with Crippen molar-refractivity contribution in [2.75, 3.05) is 0 Å². The first-order chi connectivity index (χ1) is 5.15. The fourth-order valence-corrected chi connectivity index (χ4v) is 1.12. The molecular formula is C9H13NO. The van der Waals surface area contributed by atoms with Crippen LogP contribution >= 0.6 is 0 Å². The maximum atomic E-state index is 9.19. The summed E-state index contributed by atoms with van der Waals surface area (Å²) in [6, 6.07) is 3.46. The van der Waals surface area contributed by atoms with Crippen molar-refractivity contribution in [3.8, 4) is 5.75 Å². The number of aromatic hydroxyl groups is 1. The summed E-state index contributed by atoms with van der Waals surface area (Å²) in [5.74, 6) is 0.300. The average Bonchev–Trinajstić information content (AvgIpc) is 1.96. The van der Waals surface area contributed by atoms with Gasteiger partial charge in [-0.05, 0) is 42.7 Å². The number of hydrogen-bond acceptors (Lipinski definition) is 2. The molecule has 11 heavy (non-hydrogen) atoms. The zero-order valence-electron chi connectivity index (χ0n) is 6.89. The van der Waals surface area contributed by atoms with Crippen LogP contribution in [0.4, 0.5) is 0 Å². The predicted molar refractivity (Wildman–Crippen MR) is 45.5 cm³/mol. The highest BCUT2D eigenvalue weighted by molar-refractivity contribution is 5.39. The molecule has 0 amide bonds. The van der Waals surface area contributed by atoms with E-state index < -0.39 is 0 Å². The molecule has 0 aromatic heterocycles. The van der Waals surface area contributed by atoms with Crippen molar-refractivity contribution < 1.29 is 5.11 Å². The zero-order valence-corrected chi connectivity index (χ0v) is 6.89. The standard InChI is InChI=1S/C9H13NO/c1-6-3-9(11)4-8(5-10)7(6)2/h3-4,11H,5,10H2,1-2H3. The molecule has 0 aliphatic carbocycles. The third-order valence-corrected chi connectivity index (χ3v) is 1.98. The quantitative estimate of drug-likeness (QED) is 0.638. The van der Waals surface area contributed by atoms with Gasteiger partial charge in [0, 0.05) is 6.54 Å². The molecule has 1 aromatic carbocycles. The summed E-state index contributed by atoms with van der Waals surface area (Å²) >= 11 is 0. The molecule has 60 valence electrons. The Kier molecular flexibility index (Phi) is 2.15. The lowest BCUT2D eigenvalue weighted by atomic mass is 10.0. The van der Waals surface area contributed by atoms with Gasteiger partial charge in [-0.1, -0.05) is 0 Å². The minimum Gasteiger partial charge on any atom is -0.508 e. The number of rotatable bonds is 1. The molecule has 0 aliphatic heterocycles. The summed E-state index contributed by atoms with van der Waals surface area (Å²) in [5.41, 5.74) is 8.75. The maximum absolute atomic E-state index is 9.19. The Balaban J connectivity index is 3.24. The number of phenols is 1. The van der Waals surface area contributed by atoms with Crippen LogP contribution in [0.25, 0.3) is 0 Å². The first kappa shape index (κ1) is 8.08. The molecule has 2 heteroatoms. The van der Waals surface area contributed by atoms with E-state index in [2.05, 4.69) is 0 Å². The summed E-state index contributed by atoms with van der Waals surface area (Å²) in [7, 11) is 0. The van der Waals surface area contributed by atoms with Gasteiger partial charge in [0.2, 0.25) is 0 Å². The van der Waals surface area contributed by atoms with Gasteiger partial charge in [0.05, 0.1) is 0 Å². The van der Waals surface area contributed by atoms with Crippen LogP contribution in [0.2, 0.25) is 0 Å². The summed E-state index contributed by atoms with van der Waals surface area (Å²) in [4.78, 5) is 0. The van der Waals surface area contributed by atoms with Crippen LogP contribution in [0.3, 0.4) is 0 Å². The van der Waals surface area contributed by atoms with Gasteiger partial charge in [0.25, 0.3) is 0 Å². The van der Waals surface area contributed by atoms with Gasteiger partial charge >= 0.3 is 0 Å². The van der Waals surface area contributed by atoms with E-state index in [1.807, 2.05) is 13.8 Å². The molecule has 0 saturated heterocycles. The van der Waals surface area contributed by atoms with Gasteiger partial charge in [-0.25, -0.2) is 0 Å². The minimum atomic E-state index is 0.300. The molecule has 0 heterocycles. The highest BCUT2D eigenvalue weighted by Crippen LogP contribution is 2.19. The third-order valence-electron chi connectivity index (χ3n) is 1.98. The van der Waals surface area contributed by atoms with Gasteiger partial charge < -0.3 is 10.8 Å². The molecule has 1 aromatic rings. The van der Waals surface area contributed by atoms with E-state index in [1.165, 1.54) is 5.56 Å². The van der Waals surface area contributed by atoms with Gasteiger partial charge in [-0.15, -0.1) is 0 Å². The monoisotopic (exact) mass is 151 g/mol. The van der Waals surface area contributed by atoms with Crippen molar-refractivity contribution in [2.45, 2.75) is 20.4 Å².